The van der Waals surface area contributed by atoms with Crippen molar-refractivity contribution in [3.8, 4) is 0 Å². The van der Waals surface area contributed by atoms with E-state index in [9.17, 15) is 10.1 Å². The molecule has 3 aromatic rings. The molecular formula is C24H15Cl5N2O2S. The maximum atomic E-state index is 11.5. The van der Waals surface area contributed by atoms with Crippen LogP contribution in [0.5, 0.6) is 0 Å². The molecule has 1 aliphatic carbocycles. The predicted molar refractivity (Wildman–Crippen MR) is 142 cm³/mol. The summed E-state index contributed by atoms with van der Waals surface area (Å²) in [6.45, 7) is 0. The highest BCUT2D eigenvalue weighted by molar-refractivity contribution is 8.03. The Bertz CT molecular complexity index is 1360. The highest BCUT2D eigenvalue weighted by atomic mass is 35.5. The minimum Gasteiger partial charge on any atom is -0.376 e. The van der Waals surface area contributed by atoms with Crippen molar-refractivity contribution in [1.29, 1.82) is 0 Å². The standard InChI is InChI=1S/C24H15Cl5N2O2S/c25-11-8-13-20-14(10-19(22(20)29)34-18-7-2-1-6-17(18)31(32)33)23(30-24(13)16(27)9-11)12-4-3-5-15(26)21(12)28/h1-9,14,20,23,30H,10H2/t14-,20+,23+/m0/s1. The molecule has 0 amide bonds. The Morgan fingerprint density at radius 2 is 1.71 bits per heavy atom. The van der Waals surface area contributed by atoms with Gasteiger partial charge in [0.2, 0.25) is 0 Å². The van der Waals surface area contributed by atoms with E-state index in [1.54, 1.807) is 30.3 Å². The first kappa shape index (κ1) is 24.1. The average Bonchev–Trinajstić information content (AvgIpc) is 3.12. The first-order chi connectivity index (χ1) is 16.3. The maximum Gasteiger partial charge on any atom is 0.283 e. The van der Waals surface area contributed by atoms with Gasteiger partial charge in [-0.15, -0.1) is 0 Å². The van der Waals surface area contributed by atoms with Crippen LogP contribution in [0.2, 0.25) is 20.1 Å². The number of thioether (sulfide) groups is 1. The monoisotopic (exact) mass is 570 g/mol. The number of nitro groups is 1. The van der Waals surface area contributed by atoms with Crippen molar-refractivity contribution in [2.45, 2.75) is 23.3 Å². The van der Waals surface area contributed by atoms with Crippen LogP contribution in [-0.2, 0) is 0 Å². The Balaban J connectivity index is 1.63. The number of fused-ring (bicyclic) bond motifs is 3. The van der Waals surface area contributed by atoms with E-state index in [2.05, 4.69) is 5.32 Å². The van der Waals surface area contributed by atoms with Gasteiger partial charge in [0, 0.05) is 26.9 Å². The van der Waals surface area contributed by atoms with E-state index in [4.69, 9.17) is 58.0 Å². The molecule has 1 heterocycles. The Hall–Kier alpha value is -1.60. The van der Waals surface area contributed by atoms with Gasteiger partial charge in [-0.2, -0.15) is 0 Å². The third-order valence-corrected chi connectivity index (χ3v) is 9.27. The first-order valence-electron chi connectivity index (χ1n) is 10.3. The number of nitrogens with zero attached hydrogens (tertiary/aromatic N) is 1. The summed E-state index contributed by atoms with van der Waals surface area (Å²) in [7, 11) is 0. The number of anilines is 1. The van der Waals surface area contributed by atoms with Crippen molar-refractivity contribution in [3.63, 3.8) is 0 Å². The van der Waals surface area contributed by atoms with E-state index in [0.717, 1.165) is 21.7 Å². The molecule has 0 saturated heterocycles. The predicted octanol–water partition coefficient (Wildman–Crippen LogP) is 9.72. The molecule has 0 aromatic heterocycles. The number of nitro benzene ring substituents is 1. The van der Waals surface area contributed by atoms with Gasteiger partial charge in [-0.1, -0.05) is 94.0 Å². The zero-order valence-corrected chi connectivity index (χ0v) is 21.8. The zero-order valence-electron chi connectivity index (χ0n) is 17.2. The Morgan fingerprint density at radius 1 is 0.941 bits per heavy atom. The lowest BCUT2D eigenvalue weighted by molar-refractivity contribution is -0.387. The molecule has 0 saturated carbocycles. The van der Waals surface area contributed by atoms with Crippen LogP contribution in [-0.4, -0.2) is 4.92 Å². The lowest BCUT2D eigenvalue weighted by atomic mass is 9.77. The summed E-state index contributed by atoms with van der Waals surface area (Å²) in [5.74, 6) is -0.241. The van der Waals surface area contributed by atoms with E-state index in [1.807, 2.05) is 18.2 Å². The van der Waals surface area contributed by atoms with Gasteiger partial charge in [0.05, 0.1) is 36.6 Å². The van der Waals surface area contributed by atoms with Crippen molar-refractivity contribution in [2.75, 3.05) is 5.32 Å². The van der Waals surface area contributed by atoms with Crippen molar-refractivity contribution in [2.24, 2.45) is 5.92 Å². The van der Waals surface area contributed by atoms with Crippen LogP contribution < -0.4 is 5.32 Å². The molecule has 0 fully saturated rings. The second-order valence-electron chi connectivity index (χ2n) is 8.06. The highest BCUT2D eigenvalue weighted by Gasteiger charge is 2.46. The fourth-order valence-electron chi connectivity index (χ4n) is 4.71. The molecule has 0 radical (unpaired) electrons. The van der Waals surface area contributed by atoms with E-state index < -0.39 is 0 Å². The third kappa shape index (κ3) is 4.17. The molecule has 0 unspecified atom stereocenters. The molecular weight excluding hydrogens is 558 g/mol. The lowest BCUT2D eigenvalue weighted by Crippen LogP contribution is -2.30. The van der Waals surface area contributed by atoms with Crippen LogP contribution in [0, 0.1) is 16.0 Å². The van der Waals surface area contributed by atoms with Gasteiger partial charge in [-0.25, -0.2) is 0 Å². The Labute approximate surface area is 225 Å². The second-order valence-corrected chi connectivity index (χ2v) is 11.2. The van der Waals surface area contributed by atoms with Gasteiger partial charge in [0.25, 0.3) is 5.69 Å². The SMILES string of the molecule is O=[N+]([O-])c1ccccc1SC1=C(Cl)[C@@H]2c3cc(Cl)cc(Cl)c3N[C@H](c3cccc(Cl)c3Cl)[C@H]2C1. The normalized spacial score (nSPS) is 21.1. The van der Waals surface area contributed by atoms with Crippen LogP contribution in [0.25, 0.3) is 0 Å². The Kier molecular flexibility index (Phi) is 6.70. The van der Waals surface area contributed by atoms with Crippen molar-refractivity contribution in [1.82, 2.24) is 0 Å². The number of hydrogen-bond donors (Lipinski definition) is 1. The Morgan fingerprint density at radius 3 is 2.47 bits per heavy atom. The lowest BCUT2D eigenvalue weighted by Gasteiger charge is -2.39. The second kappa shape index (κ2) is 9.45. The smallest absolute Gasteiger partial charge is 0.283 e. The molecule has 10 heteroatoms. The van der Waals surface area contributed by atoms with E-state index >= 15 is 0 Å². The molecule has 34 heavy (non-hydrogen) atoms. The molecule has 2 aliphatic rings. The molecule has 0 bridgehead atoms. The molecule has 174 valence electrons. The number of benzene rings is 3. The minimum atomic E-state index is -0.385. The molecule has 4 nitrogen and oxygen atoms in total. The van der Waals surface area contributed by atoms with E-state index in [0.29, 0.717) is 36.4 Å². The summed E-state index contributed by atoms with van der Waals surface area (Å²) in [4.78, 5) is 12.6. The molecule has 0 spiro atoms. The van der Waals surface area contributed by atoms with E-state index in [-0.39, 0.29) is 28.5 Å². The van der Waals surface area contributed by atoms with Crippen LogP contribution in [0.1, 0.15) is 29.5 Å². The summed E-state index contributed by atoms with van der Waals surface area (Å²) < 4.78 is 0. The summed E-state index contributed by atoms with van der Waals surface area (Å²) >= 11 is 34.2. The van der Waals surface area contributed by atoms with Crippen LogP contribution in [0.4, 0.5) is 11.4 Å². The summed E-state index contributed by atoms with van der Waals surface area (Å²) in [5, 5.41) is 17.6. The fraction of sp³-hybridized carbons (Fsp3) is 0.167. The van der Waals surface area contributed by atoms with Gasteiger partial charge in [0.1, 0.15) is 0 Å². The number of para-hydroxylation sites is 1. The third-order valence-electron chi connectivity index (χ3n) is 6.15. The van der Waals surface area contributed by atoms with Gasteiger partial charge in [-0.05, 0) is 47.7 Å². The zero-order chi connectivity index (χ0) is 24.1. The van der Waals surface area contributed by atoms with E-state index in [1.165, 1.54) is 17.8 Å². The summed E-state index contributed by atoms with van der Waals surface area (Å²) in [6.07, 6.45) is 0.588. The van der Waals surface area contributed by atoms with Crippen LogP contribution in [0.3, 0.4) is 0 Å². The van der Waals surface area contributed by atoms with Crippen molar-refractivity contribution in [3.05, 3.63) is 106 Å². The van der Waals surface area contributed by atoms with Gasteiger partial charge in [0.15, 0.2) is 0 Å². The maximum absolute atomic E-state index is 11.5. The first-order valence-corrected chi connectivity index (χ1v) is 13.0. The number of rotatable bonds is 4. The van der Waals surface area contributed by atoms with Gasteiger partial charge in [-0.3, -0.25) is 10.1 Å². The van der Waals surface area contributed by atoms with Crippen molar-refractivity contribution < 1.29 is 4.92 Å². The molecule has 3 atom stereocenters. The average molecular weight is 573 g/mol. The largest absolute Gasteiger partial charge is 0.376 e. The summed E-state index contributed by atoms with van der Waals surface area (Å²) in [5.41, 5.74) is 2.50. The topological polar surface area (TPSA) is 55.2 Å². The fourth-order valence-corrected chi connectivity index (χ4v) is 7.33. The van der Waals surface area contributed by atoms with Crippen molar-refractivity contribution >= 4 is 81.1 Å². The summed E-state index contributed by atoms with van der Waals surface area (Å²) in [6, 6.07) is 15.5. The minimum absolute atomic E-state index is 0.0317. The van der Waals surface area contributed by atoms with Gasteiger partial charge < -0.3 is 5.32 Å². The molecule has 1 aliphatic heterocycles. The number of hydrogen-bond acceptors (Lipinski definition) is 4. The number of allylic oxidation sites excluding steroid dienone is 2. The molecule has 5 rings (SSSR count). The van der Waals surface area contributed by atoms with Crippen LogP contribution >= 0.6 is 69.8 Å². The van der Waals surface area contributed by atoms with Gasteiger partial charge >= 0.3 is 0 Å². The van der Waals surface area contributed by atoms with Crippen LogP contribution in [0.15, 0.2) is 69.4 Å². The number of halogens is 5. The quantitative estimate of drug-likeness (QED) is 0.250. The highest BCUT2D eigenvalue weighted by Crippen LogP contribution is 2.61. The number of nitrogens with one attached hydrogen (secondary N) is 1. The molecule has 1 N–H and O–H groups in total. The molecule has 3 aromatic carbocycles.